The van der Waals surface area contributed by atoms with Crippen molar-refractivity contribution < 1.29 is 0 Å². The van der Waals surface area contributed by atoms with Crippen molar-refractivity contribution in [1.82, 2.24) is 0 Å². The summed E-state index contributed by atoms with van der Waals surface area (Å²) < 4.78 is 2.61. The molecule has 0 bridgehead atoms. The zero-order valence-corrected chi connectivity index (χ0v) is 25.6. The van der Waals surface area contributed by atoms with Gasteiger partial charge in [-0.05, 0) is 76.2 Å². The molecule has 0 amide bonds. The molecule has 1 aliphatic heterocycles. The Labute approximate surface area is 261 Å². The average molecular weight is 583 g/mol. The molecule has 2 atom stereocenters. The van der Waals surface area contributed by atoms with Crippen molar-refractivity contribution in [2.75, 3.05) is 4.90 Å². The fourth-order valence-electron chi connectivity index (χ4n) is 8.17. The van der Waals surface area contributed by atoms with Gasteiger partial charge in [-0.1, -0.05) is 98.8 Å². The Morgan fingerprint density at radius 2 is 1.61 bits per heavy atom. The molecular weight excluding hydrogens is 553 g/mol. The summed E-state index contributed by atoms with van der Waals surface area (Å²) in [6.07, 6.45) is 5.49. The van der Waals surface area contributed by atoms with E-state index >= 15 is 0 Å². The van der Waals surface area contributed by atoms with Gasteiger partial charge in [0.2, 0.25) is 0 Å². The highest BCUT2D eigenvalue weighted by molar-refractivity contribution is 7.26. The Morgan fingerprint density at radius 1 is 0.795 bits per heavy atom. The fourth-order valence-corrected chi connectivity index (χ4v) is 9.32. The Kier molecular flexibility index (Phi) is 5.26. The summed E-state index contributed by atoms with van der Waals surface area (Å²) in [7, 11) is 0. The van der Waals surface area contributed by atoms with Crippen molar-refractivity contribution in [3.05, 3.63) is 144 Å². The third kappa shape index (κ3) is 3.35. The maximum absolute atomic E-state index is 10.0. The van der Waals surface area contributed by atoms with Crippen LogP contribution < -0.4 is 4.90 Å². The molecule has 0 radical (unpaired) electrons. The lowest BCUT2D eigenvalue weighted by Gasteiger charge is -2.33. The van der Waals surface area contributed by atoms with E-state index in [1.165, 1.54) is 64.8 Å². The molecule has 3 heteroatoms. The predicted molar refractivity (Wildman–Crippen MR) is 185 cm³/mol. The average Bonchev–Trinajstić information content (AvgIpc) is 3.66. The van der Waals surface area contributed by atoms with E-state index in [2.05, 4.69) is 135 Å². The van der Waals surface area contributed by atoms with Crippen LogP contribution in [0.4, 0.5) is 11.4 Å². The van der Waals surface area contributed by atoms with Gasteiger partial charge in [-0.15, -0.1) is 11.3 Å². The minimum atomic E-state index is -0.0311. The van der Waals surface area contributed by atoms with E-state index < -0.39 is 0 Å². The van der Waals surface area contributed by atoms with Crippen molar-refractivity contribution in [3.8, 4) is 28.3 Å². The third-order valence-corrected chi connectivity index (χ3v) is 11.3. The number of benzene rings is 5. The molecule has 210 valence electrons. The number of hydrogen-bond acceptors (Lipinski definition) is 3. The zero-order chi connectivity index (χ0) is 29.7. The molecule has 1 aromatic heterocycles. The summed E-state index contributed by atoms with van der Waals surface area (Å²) in [5.74, 6) is 0.235. The highest BCUT2D eigenvalue weighted by Gasteiger charge is 2.41. The summed E-state index contributed by atoms with van der Waals surface area (Å²) >= 11 is 1.88. The second-order valence-electron chi connectivity index (χ2n) is 12.9. The molecule has 44 heavy (non-hydrogen) atoms. The lowest BCUT2D eigenvalue weighted by Crippen LogP contribution is -2.31. The molecule has 6 aromatic rings. The monoisotopic (exact) mass is 582 g/mol. The van der Waals surface area contributed by atoms with Crippen LogP contribution in [0.15, 0.2) is 121 Å². The summed E-state index contributed by atoms with van der Waals surface area (Å²) in [6, 6.07) is 38.0. The van der Waals surface area contributed by atoms with Crippen LogP contribution in [0.3, 0.4) is 0 Å². The van der Waals surface area contributed by atoms with Gasteiger partial charge in [-0.25, -0.2) is 0 Å². The van der Waals surface area contributed by atoms with E-state index in [4.69, 9.17) is 0 Å². The van der Waals surface area contributed by atoms with Crippen LogP contribution in [-0.2, 0) is 5.41 Å². The van der Waals surface area contributed by atoms with Crippen molar-refractivity contribution in [2.45, 2.75) is 37.6 Å². The Bertz CT molecular complexity index is 2290. The number of fused-ring (bicyclic) bond motifs is 9. The molecule has 2 heterocycles. The van der Waals surface area contributed by atoms with E-state index in [0.29, 0.717) is 5.56 Å². The van der Waals surface area contributed by atoms with Gasteiger partial charge in [0.1, 0.15) is 0 Å². The van der Waals surface area contributed by atoms with Crippen molar-refractivity contribution in [1.29, 1.82) is 5.26 Å². The van der Waals surface area contributed by atoms with Gasteiger partial charge >= 0.3 is 0 Å². The van der Waals surface area contributed by atoms with E-state index in [1.807, 2.05) is 17.4 Å². The molecule has 2 unspecified atom stereocenters. The van der Waals surface area contributed by atoms with Crippen molar-refractivity contribution >= 4 is 42.9 Å². The molecule has 0 N–H and O–H groups in total. The van der Waals surface area contributed by atoms with Crippen molar-refractivity contribution in [3.63, 3.8) is 0 Å². The number of para-hydroxylation sites is 1. The van der Waals surface area contributed by atoms with Gasteiger partial charge in [-0.2, -0.15) is 5.26 Å². The molecule has 3 aliphatic rings. The van der Waals surface area contributed by atoms with E-state index in [0.717, 1.165) is 17.7 Å². The maximum atomic E-state index is 10.0. The van der Waals surface area contributed by atoms with E-state index in [9.17, 15) is 5.26 Å². The summed E-state index contributed by atoms with van der Waals surface area (Å²) in [5.41, 5.74) is 13.3. The zero-order valence-electron chi connectivity index (χ0n) is 24.8. The van der Waals surface area contributed by atoms with Gasteiger partial charge in [0.15, 0.2) is 0 Å². The normalized spacial score (nSPS) is 19.1. The van der Waals surface area contributed by atoms with Crippen LogP contribution in [0.25, 0.3) is 42.4 Å². The first-order valence-electron chi connectivity index (χ1n) is 15.3. The number of anilines is 2. The van der Waals surface area contributed by atoms with Crippen LogP contribution in [0.5, 0.6) is 0 Å². The standard InChI is InChI=1S/C41H30N2S/c1-24-10-8-16-35-39(24)29-12-5-7-15-34(29)43(35)36-20-25(23-42)18-19-27(36)28-13-9-17-37-40(28)31-21-30-26-11-4-6-14-32(26)41(2,3)33(30)22-38(31)44-37/h4-9,11-22,35,39H,1,10H2,2-3H3. The molecular formula is C41H30N2S. The fraction of sp³-hybridized carbons (Fsp3) is 0.146. The number of nitriles is 1. The summed E-state index contributed by atoms with van der Waals surface area (Å²) in [6.45, 7) is 9.19. The van der Waals surface area contributed by atoms with Gasteiger partial charge in [0.25, 0.3) is 0 Å². The first-order chi connectivity index (χ1) is 21.5. The first kappa shape index (κ1) is 25.6. The highest BCUT2D eigenvalue weighted by atomic mass is 32.1. The smallest absolute Gasteiger partial charge is 0.0992 e. The van der Waals surface area contributed by atoms with Gasteiger partial charge in [-0.3, -0.25) is 0 Å². The Morgan fingerprint density at radius 3 is 2.50 bits per heavy atom. The summed E-state index contributed by atoms with van der Waals surface area (Å²) in [4.78, 5) is 2.46. The maximum Gasteiger partial charge on any atom is 0.0992 e. The molecule has 0 saturated carbocycles. The number of nitrogens with zero attached hydrogens (tertiary/aromatic N) is 2. The van der Waals surface area contributed by atoms with Gasteiger partial charge in [0, 0.05) is 42.8 Å². The second kappa shape index (κ2) is 9.05. The van der Waals surface area contributed by atoms with Gasteiger partial charge in [0.05, 0.1) is 23.4 Å². The minimum absolute atomic E-state index is 0.0311. The topological polar surface area (TPSA) is 27.0 Å². The Balaban J connectivity index is 1.32. The van der Waals surface area contributed by atoms with Crippen LogP contribution in [0.2, 0.25) is 0 Å². The molecule has 9 rings (SSSR count). The van der Waals surface area contributed by atoms with Crippen LogP contribution in [-0.4, -0.2) is 6.04 Å². The molecule has 2 nitrogen and oxygen atoms in total. The second-order valence-corrected chi connectivity index (χ2v) is 14.0. The predicted octanol–water partition coefficient (Wildman–Crippen LogP) is 11.0. The largest absolute Gasteiger partial charge is 0.333 e. The lowest BCUT2D eigenvalue weighted by molar-refractivity contribution is 0.661. The molecule has 0 fully saturated rings. The van der Waals surface area contributed by atoms with Crippen LogP contribution in [0.1, 0.15) is 48.4 Å². The SMILES string of the molecule is C=C1CC=CC2C1c1ccccc1N2c1cc(C#N)ccc1-c1cccc2sc3cc4c(cc3c12)-c1ccccc1C4(C)C. The minimum Gasteiger partial charge on any atom is -0.333 e. The van der Waals surface area contributed by atoms with Crippen LogP contribution >= 0.6 is 11.3 Å². The third-order valence-electron chi connectivity index (χ3n) is 10.2. The van der Waals surface area contributed by atoms with E-state index in [1.54, 1.807) is 0 Å². The lowest BCUT2D eigenvalue weighted by atomic mass is 9.82. The quantitative estimate of drug-likeness (QED) is 0.190. The van der Waals surface area contributed by atoms with Gasteiger partial charge < -0.3 is 4.90 Å². The molecule has 0 spiro atoms. The number of thiophene rings is 1. The summed E-state index contributed by atoms with van der Waals surface area (Å²) in [5, 5.41) is 12.6. The van der Waals surface area contributed by atoms with Crippen LogP contribution in [0, 0.1) is 11.3 Å². The molecule has 2 aliphatic carbocycles. The van der Waals surface area contributed by atoms with E-state index in [-0.39, 0.29) is 17.4 Å². The molecule has 5 aromatic carbocycles. The highest BCUT2D eigenvalue weighted by Crippen LogP contribution is 2.55. The first-order valence-corrected chi connectivity index (χ1v) is 16.1. The Hall–Kier alpha value is -4.91. The number of rotatable bonds is 2. The molecule has 0 saturated heterocycles. The number of allylic oxidation sites excluding steroid dienone is 1. The van der Waals surface area contributed by atoms with Crippen molar-refractivity contribution in [2.24, 2.45) is 0 Å². The number of hydrogen-bond donors (Lipinski definition) is 0.